The summed E-state index contributed by atoms with van der Waals surface area (Å²) in [6, 6.07) is 0. The maximum Gasteiger partial charge on any atom is 0.305 e. The molecule has 0 aromatic carbocycles. The Labute approximate surface area is 154 Å². The lowest BCUT2D eigenvalue weighted by atomic mass is 10.1. The van der Waals surface area contributed by atoms with Crippen molar-refractivity contribution in [3.8, 4) is 0 Å². The van der Waals surface area contributed by atoms with Crippen molar-refractivity contribution in [3.63, 3.8) is 0 Å². The van der Waals surface area contributed by atoms with Crippen molar-refractivity contribution in [2.75, 3.05) is 6.61 Å². The summed E-state index contributed by atoms with van der Waals surface area (Å²) in [5.74, 6) is -0.108. The number of hydrogen-bond acceptors (Lipinski definition) is 2. The van der Waals surface area contributed by atoms with Crippen LogP contribution in [0.2, 0.25) is 0 Å². The first-order valence-corrected chi connectivity index (χ1v) is 10.5. The Kier molecular flexibility index (Phi) is 13.0. The topological polar surface area (TPSA) is 35.1 Å². The van der Waals surface area contributed by atoms with Gasteiger partial charge in [0.1, 0.15) is 12.4 Å². The number of carbonyl (C=O) groups is 1. The minimum atomic E-state index is -0.108. The first kappa shape index (κ1) is 21.7. The monoisotopic (exact) mass is 351 g/mol. The number of imidazole rings is 1. The molecule has 0 saturated carbocycles. The molecule has 0 aliphatic heterocycles. The average Bonchev–Trinajstić information content (AvgIpc) is 3.08. The number of ether oxygens (including phenoxy) is 1. The highest BCUT2D eigenvalue weighted by Crippen LogP contribution is 2.10. The van der Waals surface area contributed by atoms with Gasteiger partial charge in [0.15, 0.2) is 0 Å². The first-order valence-electron chi connectivity index (χ1n) is 10.5. The van der Waals surface area contributed by atoms with Gasteiger partial charge in [0.05, 0.1) is 19.7 Å². The predicted molar refractivity (Wildman–Crippen MR) is 102 cm³/mol. The second kappa shape index (κ2) is 15.0. The van der Waals surface area contributed by atoms with E-state index < -0.39 is 0 Å². The first-order chi connectivity index (χ1) is 12.3. The van der Waals surface area contributed by atoms with Gasteiger partial charge in [0, 0.05) is 12.8 Å². The third kappa shape index (κ3) is 11.8. The van der Waals surface area contributed by atoms with Gasteiger partial charge < -0.3 is 4.74 Å². The van der Waals surface area contributed by atoms with Crippen molar-refractivity contribution in [1.82, 2.24) is 4.57 Å². The van der Waals surface area contributed by atoms with Gasteiger partial charge in [-0.05, 0) is 12.8 Å². The van der Waals surface area contributed by atoms with Gasteiger partial charge in [-0.25, -0.2) is 9.13 Å². The smallest absolute Gasteiger partial charge is 0.305 e. The zero-order valence-electron chi connectivity index (χ0n) is 16.5. The van der Waals surface area contributed by atoms with Crippen LogP contribution in [0.1, 0.15) is 90.9 Å². The molecule has 0 unspecified atom stereocenters. The normalized spacial score (nSPS) is 11.0. The molecule has 0 atom stereocenters. The van der Waals surface area contributed by atoms with E-state index in [9.17, 15) is 4.79 Å². The molecule has 0 amide bonds. The molecule has 1 aromatic heterocycles. The number of hydrogen-bond donors (Lipinski definition) is 0. The highest BCUT2D eigenvalue weighted by Gasteiger charge is 2.04. The summed E-state index contributed by atoms with van der Waals surface area (Å²) >= 11 is 0. The van der Waals surface area contributed by atoms with E-state index in [0.29, 0.717) is 13.0 Å². The molecule has 0 spiro atoms. The molecule has 0 saturated heterocycles. The number of rotatable bonds is 16. The van der Waals surface area contributed by atoms with Gasteiger partial charge in [0.25, 0.3) is 0 Å². The van der Waals surface area contributed by atoms with Crippen LogP contribution in [0.4, 0.5) is 0 Å². The third-order valence-electron chi connectivity index (χ3n) is 4.63. The summed E-state index contributed by atoms with van der Waals surface area (Å²) in [6.45, 7) is 6.63. The van der Waals surface area contributed by atoms with E-state index in [2.05, 4.69) is 34.8 Å². The molecule has 0 aliphatic carbocycles. The zero-order valence-corrected chi connectivity index (χ0v) is 16.5. The van der Waals surface area contributed by atoms with E-state index in [1.165, 1.54) is 64.2 Å². The molecule has 4 heteroatoms. The lowest BCUT2D eigenvalue weighted by molar-refractivity contribution is -0.697. The standard InChI is InChI=1S/C21H39N2O2/c1-3-5-6-7-8-9-10-11-12-13-15-22-17-18-23(20-22)16-14-19-25-21(24)4-2/h17-18,20H,3-16,19H2,1-2H3/q+1. The number of unbranched alkanes of at least 4 members (excludes halogenated alkanes) is 9. The summed E-state index contributed by atoms with van der Waals surface area (Å²) < 4.78 is 9.54. The largest absolute Gasteiger partial charge is 0.466 e. The van der Waals surface area contributed by atoms with E-state index in [1.54, 1.807) is 0 Å². The SMILES string of the molecule is CCCCCCCCCCCCn1cc[n+](CCCOC(=O)CC)c1. The van der Waals surface area contributed by atoms with E-state index in [4.69, 9.17) is 4.74 Å². The molecule has 1 aromatic rings. The van der Waals surface area contributed by atoms with Crippen LogP contribution < -0.4 is 4.57 Å². The summed E-state index contributed by atoms with van der Waals surface area (Å²) in [4.78, 5) is 11.1. The Morgan fingerprint density at radius 3 is 2.20 bits per heavy atom. The van der Waals surface area contributed by atoms with Gasteiger partial charge in [-0.2, -0.15) is 0 Å². The van der Waals surface area contributed by atoms with Gasteiger partial charge in [0.2, 0.25) is 6.33 Å². The minimum Gasteiger partial charge on any atom is -0.466 e. The molecule has 144 valence electrons. The zero-order chi connectivity index (χ0) is 18.2. The van der Waals surface area contributed by atoms with Crippen LogP contribution in [0.25, 0.3) is 0 Å². The van der Waals surface area contributed by atoms with Crippen molar-refractivity contribution in [2.24, 2.45) is 0 Å². The molecule has 25 heavy (non-hydrogen) atoms. The highest BCUT2D eigenvalue weighted by molar-refractivity contribution is 5.68. The quantitative estimate of drug-likeness (QED) is 0.238. The van der Waals surface area contributed by atoms with Crippen LogP contribution >= 0.6 is 0 Å². The van der Waals surface area contributed by atoms with Crippen molar-refractivity contribution >= 4 is 5.97 Å². The molecule has 1 heterocycles. The Hall–Kier alpha value is -1.32. The van der Waals surface area contributed by atoms with Crippen molar-refractivity contribution in [3.05, 3.63) is 18.7 Å². The van der Waals surface area contributed by atoms with E-state index in [0.717, 1.165) is 19.5 Å². The fourth-order valence-electron chi connectivity index (χ4n) is 3.02. The van der Waals surface area contributed by atoms with Crippen LogP contribution in [-0.2, 0) is 22.6 Å². The highest BCUT2D eigenvalue weighted by atomic mass is 16.5. The van der Waals surface area contributed by atoms with Crippen LogP contribution in [0.3, 0.4) is 0 Å². The second-order valence-corrected chi connectivity index (χ2v) is 7.00. The van der Waals surface area contributed by atoms with Gasteiger partial charge in [-0.3, -0.25) is 4.79 Å². The number of aryl methyl sites for hydroxylation is 2. The second-order valence-electron chi connectivity index (χ2n) is 7.00. The maximum atomic E-state index is 11.1. The van der Waals surface area contributed by atoms with Gasteiger partial charge in [-0.15, -0.1) is 0 Å². The van der Waals surface area contributed by atoms with E-state index in [-0.39, 0.29) is 5.97 Å². The number of nitrogens with zero attached hydrogens (tertiary/aromatic N) is 2. The molecular formula is C21H39N2O2+. The molecule has 4 nitrogen and oxygen atoms in total. The van der Waals surface area contributed by atoms with Crippen molar-refractivity contribution < 1.29 is 14.1 Å². The van der Waals surface area contributed by atoms with Crippen molar-refractivity contribution in [1.29, 1.82) is 0 Å². The third-order valence-corrected chi connectivity index (χ3v) is 4.63. The Balaban J connectivity index is 1.96. The minimum absolute atomic E-state index is 0.108. The number of carbonyl (C=O) groups excluding carboxylic acids is 1. The lowest BCUT2D eigenvalue weighted by Crippen LogP contribution is -2.31. The molecular weight excluding hydrogens is 312 g/mol. The Bertz CT molecular complexity index is 443. The van der Waals surface area contributed by atoms with Gasteiger partial charge in [-0.1, -0.05) is 65.2 Å². The summed E-state index contributed by atoms with van der Waals surface area (Å²) in [7, 11) is 0. The van der Waals surface area contributed by atoms with Crippen LogP contribution in [-0.4, -0.2) is 17.1 Å². The molecule has 0 aliphatic rings. The van der Waals surface area contributed by atoms with Crippen LogP contribution in [0.15, 0.2) is 18.7 Å². The molecule has 1 rings (SSSR count). The lowest BCUT2D eigenvalue weighted by Gasteiger charge is -2.02. The molecule has 0 N–H and O–H groups in total. The van der Waals surface area contributed by atoms with E-state index >= 15 is 0 Å². The Morgan fingerprint density at radius 2 is 1.56 bits per heavy atom. The van der Waals surface area contributed by atoms with Crippen molar-refractivity contribution in [2.45, 2.75) is 104 Å². The summed E-state index contributed by atoms with van der Waals surface area (Å²) in [5, 5.41) is 0. The molecule has 0 bridgehead atoms. The van der Waals surface area contributed by atoms with E-state index in [1.807, 2.05) is 6.92 Å². The maximum absolute atomic E-state index is 11.1. The predicted octanol–water partition coefficient (Wildman–Crippen LogP) is 5.04. The van der Waals surface area contributed by atoms with Gasteiger partial charge >= 0.3 is 5.97 Å². The fraction of sp³-hybridized carbons (Fsp3) is 0.810. The van der Waals surface area contributed by atoms with Crippen LogP contribution in [0, 0.1) is 0 Å². The average molecular weight is 352 g/mol. The summed E-state index contributed by atoms with van der Waals surface area (Å²) in [5.41, 5.74) is 0. The summed E-state index contributed by atoms with van der Waals surface area (Å²) in [6.07, 6.45) is 21.5. The molecule has 0 radical (unpaired) electrons. The fourth-order valence-corrected chi connectivity index (χ4v) is 3.02. The number of aromatic nitrogens is 2. The number of esters is 1. The molecule has 0 fully saturated rings. The Morgan fingerprint density at radius 1 is 0.920 bits per heavy atom. The van der Waals surface area contributed by atoms with Crippen LogP contribution in [0.5, 0.6) is 0 Å².